The van der Waals surface area contributed by atoms with Gasteiger partial charge in [-0.25, -0.2) is 4.79 Å². The lowest BCUT2D eigenvalue weighted by molar-refractivity contribution is 0.0472. The molecule has 0 aromatic heterocycles. The van der Waals surface area contributed by atoms with Gasteiger partial charge < -0.3 is 4.74 Å². The summed E-state index contributed by atoms with van der Waals surface area (Å²) >= 11 is 0. The van der Waals surface area contributed by atoms with Gasteiger partial charge in [0, 0.05) is 5.56 Å². The summed E-state index contributed by atoms with van der Waals surface area (Å²) in [6.07, 6.45) is 0.723. The van der Waals surface area contributed by atoms with E-state index in [-0.39, 0.29) is 6.61 Å². The summed E-state index contributed by atoms with van der Waals surface area (Å²) in [6, 6.07) is 23.4. The first-order valence-corrected chi connectivity index (χ1v) is 8.02. The average Bonchev–Trinajstić information content (AvgIpc) is 2.72. The van der Waals surface area contributed by atoms with Gasteiger partial charge in [0.2, 0.25) is 0 Å². The summed E-state index contributed by atoms with van der Waals surface area (Å²) in [4.78, 5) is 22.7. The molecule has 0 aliphatic carbocycles. The van der Waals surface area contributed by atoms with E-state index in [4.69, 9.17) is 4.74 Å². The largest absolute Gasteiger partial charge is 0.457 e. The van der Waals surface area contributed by atoms with E-state index in [1.807, 2.05) is 42.5 Å². The van der Waals surface area contributed by atoms with Crippen molar-refractivity contribution in [3.63, 3.8) is 0 Å². The van der Waals surface area contributed by atoms with E-state index in [9.17, 15) is 14.9 Å². The van der Waals surface area contributed by atoms with Crippen molar-refractivity contribution in [2.24, 2.45) is 0 Å². The molecule has 3 aromatic rings. The molecule has 3 rings (SSSR count). The Hall–Kier alpha value is -3.71. The van der Waals surface area contributed by atoms with Gasteiger partial charge >= 0.3 is 5.97 Å². The maximum Gasteiger partial charge on any atom is 0.338 e. The average molecular weight is 341 g/mol. The van der Waals surface area contributed by atoms with Crippen molar-refractivity contribution in [3.05, 3.63) is 95.1 Å². The van der Waals surface area contributed by atoms with Gasteiger partial charge in [0.1, 0.15) is 12.9 Å². The van der Waals surface area contributed by atoms with Crippen molar-refractivity contribution >= 4 is 12.3 Å². The second-order valence-corrected chi connectivity index (χ2v) is 5.67. The highest BCUT2D eigenvalue weighted by molar-refractivity contribution is 5.90. The van der Waals surface area contributed by atoms with Crippen molar-refractivity contribution in [2.45, 2.75) is 6.61 Å². The number of hydrogen-bond donors (Lipinski definition) is 0. The van der Waals surface area contributed by atoms with E-state index in [1.54, 1.807) is 30.3 Å². The van der Waals surface area contributed by atoms with Crippen LogP contribution >= 0.6 is 0 Å². The van der Waals surface area contributed by atoms with Gasteiger partial charge in [-0.05, 0) is 34.9 Å². The number of hydrogen-bond acceptors (Lipinski definition) is 4. The van der Waals surface area contributed by atoms with E-state index in [0.29, 0.717) is 16.7 Å². The highest BCUT2D eigenvalue weighted by Crippen LogP contribution is 2.23. The van der Waals surface area contributed by atoms with E-state index in [0.717, 1.165) is 23.0 Å². The van der Waals surface area contributed by atoms with E-state index in [2.05, 4.69) is 6.07 Å². The minimum atomic E-state index is -0.443. The van der Waals surface area contributed by atoms with Gasteiger partial charge in [-0.1, -0.05) is 54.6 Å². The molecular weight excluding hydrogens is 326 g/mol. The molecule has 0 radical (unpaired) electrons. The predicted molar refractivity (Wildman–Crippen MR) is 97.5 cm³/mol. The first-order valence-electron chi connectivity index (χ1n) is 8.02. The maximum atomic E-state index is 12.0. The standard InChI is InChI=1S/C22H15NO3/c23-13-20-3-1-2-4-21(20)18-9-7-17(8-10-18)15-26-22(25)19-11-5-16(14-24)6-12-19/h1-12,14H,15H2. The molecule has 0 bridgehead atoms. The maximum absolute atomic E-state index is 12.0. The van der Waals surface area contributed by atoms with E-state index >= 15 is 0 Å². The summed E-state index contributed by atoms with van der Waals surface area (Å²) in [5, 5.41) is 9.19. The van der Waals surface area contributed by atoms with Crippen molar-refractivity contribution < 1.29 is 14.3 Å². The molecule has 0 N–H and O–H groups in total. The Morgan fingerprint density at radius 1 is 0.962 bits per heavy atom. The van der Waals surface area contributed by atoms with Crippen LogP contribution in [0.5, 0.6) is 0 Å². The van der Waals surface area contributed by atoms with Crippen LogP contribution < -0.4 is 0 Å². The van der Waals surface area contributed by atoms with Crippen LogP contribution in [0.2, 0.25) is 0 Å². The molecule has 0 aliphatic rings. The van der Waals surface area contributed by atoms with Crippen LogP contribution in [0.25, 0.3) is 11.1 Å². The highest BCUT2D eigenvalue weighted by Gasteiger charge is 2.08. The Bertz CT molecular complexity index is 968. The molecule has 0 saturated carbocycles. The number of nitriles is 1. The third kappa shape index (κ3) is 3.85. The fourth-order valence-electron chi connectivity index (χ4n) is 2.54. The summed E-state index contributed by atoms with van der Waals surface area (Å²) in [5.74, 6) is -0.443. The van der Waals surface area contributed by atoms with Gasteiger partial charge in [0.25, 0.3) is 0 Å². The first kappa shape index (κ1) is 17.1. The summed E-state index contributed by atoms with van der Waals surface area (Å²) in [5.41, 5.74) is 4.17. The van der Waals surface area contributed by atoms with Crippen LogP contribution in [-0.4, -0.2) is 12.3 Å². The number of rotatable bonds is 5. The number of carbonyl (C=O) groups is 2. The van der Waals surface area contributed by atoms with Crippen molar-refractivity contribution in [1.29, 1.82) is 5.26 Å². The van der Waals surface area contributed by atoms with Crippen LogP contribution in [0.15, 0.2) is 72.8 Å². The van der Waals surface area contributed by atoms with E-state index < -0.39 is 5.97 Å². The number of benzene rings is 3. The lowest BCUT2D eigenvalue weighted by Gasteiger charge is -2.07. The monoisotopic (exact) mass is 341 g/mol. The van der Waals surface area contributed by atoms with Crippen molar-refractivity contribution in [2.75, 3.05) is 0 Å². The Labute approximate surface area is 151 Å². The van der Waals surface area contributed by atoms with Crippen molar-refractivity contribution in [1.82, 2.24) is 0 Å². The van der Waals surface area contributed by atoms with Crippen LogP contribution in [0, 0.1) is 11.3 Å². The number of ether oxygens (including phenoxy) is 1. The predicted octanol–water partition coefficient (Wildman–Crippen LogP) is 4.39. The number of carbonyl (C=O) groups excluding carboxylic acids is 2. The fourth-order valence-corrected chi connectivity index (χ4v) is 2.54. The highest BCUT2D eigenvalue weighted by atomic mass is 16.5. The molecule has 4 heteroatoms. The molecule has 26 heavy (non-hydrogen) atoms. The third-order valence-electron chi connectivity index (χ3n) is 3.96. The second-order valence-electron chi connectivity index (χ2n) is 5.67. The Morgan fingerprint density at radius 3 is 2.31 bits per heavy atom. The summed E-state index contributed by atoms with van der Waals surface area (Å²) < 4.78 is 5.30. The molecule has 0 heterocycles. The number of esters is 1. The SMILES string of the molecule is N#Cc1ccccc1-c1ccc(COC(=O)c2ccc(C=O)cc2)cc1. The first-order chi connectivity index (χ1) is 12.7. The van der Waals surface area contributed by atoms with Crippen molar-refractivity contribution in [3.8, 4) is 17.2 Å². The van der Waals surface area contributed by atoms with E-state index in [1.165, 1.54) is 0 Å². The van der Waals surface area contributed by atoms with Crippen LogP contribution in [0.4, 0.5) is 0 Å². The summed E-state index contributed by atoms with van der Waals surface area (Å²) in [6.45, 7) is 0.147. The smallest absolute Gasteiger partial charge is 0.338 e. The molecular formula is C22H15NO3. The molecule has 3 aromatic carbocycles. The zero-order chi connectivity index (χ0) is 18.4. The number of aldehydes is 1. The van der Waals surface area contributed by atoms with Gasteiger partial charge in [-0.3, -0.25) is 4.79 Å². The fraction of sp³-hybridized carbons (Fsp3) is 0.0455. The van der Waals surface area contributed by atoms with Crippen LogP contribution in [0.1, 0.15) is 31.8 Å². The van der Waals surface area contributed by atoms with Gasteiger partial charge in [-0.15, -0.1) is 0 Å². The Balaban J connectivity index is 1.67. The molecule has 0 atom stereocenters. The zero-order valence-corrected chi connectivity index (χ0v) is 13.9. The lowest BCUT2D eigenvalue weighted by atomic mass is 9.99. The topological polar surface area (TPSA) is 67.2 Å². The Morgan fingerprint density at radius 2 is 1.65 bits per heavy atom. The summed E-state index contributed by atoms with van der Waals surface area (Å²) in [7, 11) is 0. The molecule has 126 valence electrons. The molecule has 0 unspecified atom stereocenters. The molecule has 0 amide bonds. The zero-order valence-electron chi connectivity index (χ0n) is 13.9. The van der Waals surface area contributed by atoms with Crippen LogP contribution in [-0.2, 0) is 11.3 Å². The van der Waals surface area contributed by atoms with Gasteiger partial charge in [0.15, 0.2) is 0 Å². The second kappa shape index (κ2) is 7.91. The molecule has 0 saturated heterocycles. The lowest BCUT2D eigenvalue weighted by Crippen LogP contribution is -2.05. The minimum Gasteiger partial charge on any atom is -0.457 e. The van der Waals surface area contributed by atoms with Crippen LogP contribution in [0.3, 0.4) is 0 Å². The van der Waals surface area contributed by atoms with Gasteiger partial charge in [0.05, 0.1) is 17.2 Å². The van der Waals surface area contributed by atoms with Gasteiger partial charge in [-0.2, -0.15) is 5.26 Å². The molecule has 0 aliphatic heterocycles. The molecule has 0 fully saturated rings. The normalized spacial score (nSPS) is 9.96. The quantitative estimate of drug-likeness (QED) is 0.510. The number of nitrogens with zero attached hydrogens (tertiary/aromatic N) is 1. The third-order valence-corrected chi connectivity index (χ3v) is 3.96. The molecule has 0 spiro atoms. The minimum absolute atomic E-state index is 0.147. The molecule has 4 nitrogen and oxygen atoms in total. The Kier molecular flexibility index (Phi) is 5.21.